The maximum atomic E-state index is 13.2. The summed E-state index contributed by atoms with van der Waals surface area (Å²) in [6.07, 6.45) is 0.697. The third kappa shape index (κ3) is 5.94. The van der Waals surface area contributed by atoms with Crippen LogP contribution in [0.5, 0.6) is 5.75 Å². The van der Waals surface area contributed by atoms with Crippen LogP contribution in [0.15, 0.2) is 71.6 Å². The number of sulfonamides is 1. The van der Waals surface area contributed by atoms with E-state index in [4.69, 9.17) is 9.72 Å². The van der Waals surface area contributed by atoms with Crippen LogP contribution in [0.3, 0.4) is 0 Å². The Bertz CT molecular complexity index is 1650. The summed E-state index contributed by atoms with van der Waals surface area (Å²) >= 11 is 1.68. The first-order valence-corrected chi connectivity index (χ1v) is 16.0. The Morgan fingerprint density at radius 2 is 1.73 bits per heavy atom. The van der Waals surface area contributed by atoms with Crippen molar-refractivity contribution in [3.8, 4) is 5.75 Å². The Kier molecular flexibility index (Phi) is 7.94. The highest BCUT2D eigenvalue weighted by Crippen LogP contribution is 2.32. The van der Waals surface area contributed by atoms with Gasteiger partial charge in [-0.25, -0.2) is 13.4 Å². The van der Waals surface area contributed by atoms with Crippen LogP contribution < -0.4 is 15.0 Å². The standard InChI is InChI=1S/C30H33N5O4S2/c1-39-25-8-11-27-28(20-25)40-30(32-27)34-18-16-33(17-19-34)15-13-31-29(36)23-6-9-26(10-7-23)41(37,38)35-14-12-22-4-2-3-5-24(22)21-35/h2-11,20H,12-19,21H2,1H3,(H,31,36). The first-order valence-electron chi connectivity index (χ1n) is 13.8. The minimum Gasteiger partial charge on any atom is -0.497 e. The molecule has 2 aliphatic rings. The van der Waals surface area contributed by atoms with Crippen molar-refractivity contribution < 1.29 is 17.9 Å². The highest BCUT2D eigenvalue weighted by Gasteiger charge is 2.28. The number of thiazole rings is 1. The van der Waals surface area contributed by atoms with Crippen molar-refractivity contribution in [2.45, 2.75) is 17.9 Å². The van der Waals surface area contributed by atoms with E-state index in [0.717, 1.165) is 59.4 Å². The van der Waals surface area contributed by atoms with Crippen molar-refractivity contribution in [1.29, 1.82) is 0 Å². The Balaban J connectivity index is 0.975. The van der Waals surface area contributed by atoms with Crippen molar-refractivity contribution >= 4 is 42.6 Å². The molecule has 2 aliphatic heterocycles. The molecular formula is C30H33N5O4S2. The van der Waals surface area contributed by atoms with E-state index in [0.29, 0.717) is 31.6 Å². The lowest BCUT2D eigenvalue weighted by atomic mass is 10.0. The smallest absolute Gasteiger partial charge is 0.251 e. The second kappa shape index (κ2) is 11.8. The molecule has 3 heterocycles. The van der Waals surface area contributed by atoms with E-state index in [2.05, 4.69) is 21.2 Å². The SMILES string of the molecule is COc1ccc2nc(N3CCN(CCNC(=O)c4ccc(S(=O)(=O)N5CCc6ccccc6C5)cc4)CC3)sc2c1. The van der Waals surface area contributed by atoms with Gasteiger partial charge in [-0.15, -0.1) is 0 Å². The third-order valence-corrected chi connectivity index (χ3v) is 10.7. The van der Waals surface area contributed by atoms with Crippen LogP contribution in [0.25, 0.3) is 10.2 Å². The van der Waals surface area contributed by atoms with Crippen LogP contribution in [0.4, 0.5) is 5.13 Å². The number of carbonyl (C=O) groups is 1. The van der Waals surface area contributed by atoms with Gasteiger partial charge in [0.25, 0.3) is 5.91 Å². The van der Waals surface area contributed by atoms with E-state index in [1.54, 1.807) is 30.6 Å². The summed E-state index contributed by atoms with van der Waals surface area (Å²) in [6, 6.07) is 20.1. The van der Waals surface area contributed by atoms with Gasteiger partial charge < -0.3 is 15.0 Å². The van der Waals surface area contributed by atoms with Gasteiger partial charge in [-0.3, -0.25) is 9.69 Å². The molecule has 6 rings (SSSR count). The summed E-state index contributed by atoms with van der Waals surface area (Å²) in [4.78, 5) is 22.4. The van der Waals surface area contributed by atoms with E-state index >= 15 is 0 Å². The molecule has 0 aliphatic carbocycles. The maximum absolute atomic E-state index is 13.2. The topological polar surface area (TPSA) is 95.1 Å². The first-order chi connectivity index (χ1) is 19.9. The van der Waals surface area contributed by atoms with Gasteiger partial charge >= 0.3 is 0 Å². The lowest BCUT2D eigenvalue weighted by molar-refractivity contribution is 0.0947. The molecule has 1 N–H and O–H groups in total. The molecule has 4 aromatic rings. The number of nitrogens with one attached hydrogen (secondary N) is 1. The molecule has 0 bridgehead atoms. The summed E-state index contributed by atoms with van der Waals surface area (Å²) in [7, 11) is -1.96. The summed E-state index contributed by atoms with van der Waals surface area (Å²) in [5.74, 6) is 0.633. The van der Waals surface area contributed by atoms with Crippen LogP contribution in [0.1, 0.15) is 21.5 Å². The van der Waals surface area contributed by atoms with Crippen molar-refractivity contribution in [1.82, 2.24) is 19.5 Å². The zero-order chi connectivity index (χ0) is 28.4. The maximum Gasteiger partial charge on any atom is 0.251 e. The van der Waals surface area contributed by atoms with Gasteiger partial charge in [-0.1, -0.05) is 35.6 Å². The highest BCUT2D eigenvalue weighted by molar-refractivity contribution is 7.89. The predicted octanol–water partition coefficient (Wildman–Crippen LogP) is 3.60. The lowest BCUT2D eigenvalue weighted by Crippen LogP contribution is -2.48. The fourth-order valence-corrected chi connectivity index (χ4v) is 7.81. The molecule has 0 radical (unpaired) electrons. The Hall–Kier alpha value is -3.51. The number of ether oxygens (including phenoxy) is 1. The predicted molar refractivity (Wildman–Crippen MR) is 161 cm³/mol. The van der Waals surface area contributed by atoms with Gasteiger partial charge in [0, 0.05) is 57.9 Å². The first kappa shape index (κ1) is 27.6. The number of anilines is 1. The number of amides is 1. The molecule has 1 saturated heterocycles. The molecule has 3 aromatic carbocycles. The molecular weight excluding hydrogens is 558 g/mol. The highest BCUT2D eigenvalue weighted by atomic mass is 32.2. The second-order valence-corrected chi connectivity index (χ2v) is 13.2. The van der Waals surface area contributed by atoms with E-state index in [-0.39, 0.29) is 10.8 Å². The number of carbonyl (C=O) groups excluding carboxylic acids is 1. The Morgan fingerprint density at radius 1 is 0.976 bits per heavy atom. The van der Waals surface area contributed by atoms with Gasteiger partial charge in [-0.05, 0) is 60.0 Å². The number of nitrogens with zero attached hydrogens (tertiary/aromatic N) is 4. The molecule has 41 heavy (non-hydrogen) atoms. The van der Waals surface area contributed by atoms with Crippen molar-refractivity contribution in [2.75, 3.05) is 57.8 Å². The molecule has 0 saturated carbocycles. The van der Waals surface area contributed by atoms with Crippen LogP contribution in [0, 0.1) is 0 Å². The Labute approximate surface area is 244 Å². The number of piperazine rings is 1. The zero-order valence-electron chi connectivity index (χ0n) is 23.0. The van der Waals surface area contributed by atoms with Crippen molar-refractivity contribution in [3.05, 3.63) is 83.4 Å². The summed E-state index contributed by atoms with van der Waals surface area (Å²) in [5, 5.41) is 4.00. The van der Waals surface area contributed by atoms with Gasteiger partial charge in [0.05, 0.1) is 22.2 Å². The zero-order valence-corrected chi connectivity index (χ0v) is 24.6. The molecule has 0 spiro atoms. The number of benzene rings is 3. The Morgan fingerprint density at radius 3 is 2.49 bits per heavy atom. The van der Waals surface area contributed by atoms with E-state index in [1.165, 1.54) is 22.0 Å². The minimum absolute atomic E-state index is 0.204. The van der Waals surface area contributed by atoms with Gasteiger partial charge in [0.1, 0.15) is 5.75 Å². The van der Waals surface area contributed by atoms with Gasteiger partial charge in [-0.2, -0.15) is 4.31 Å². The van der Waals surface area contributed by atoms with E-state index in [9.17, 15) is 13.2 Å². The molecule has 214 valence electrons. The normalized spacial score (nSPS) is 16.5. The summed E-state index contributed by atoms with van der Waals surface area (Å²) in [6.45, 7) is 5.63. The monoisotopic (exact) mass is 591 g/mol. The van der Waals surface area contributed by atoms with Crippen molar-refractivity contribution in [2.24, 2.45) is 0 Å². The largest absolute Gasteiger partial charge is 0.497 e. The number of aromatic nitrogens is 1. The number of fused-ring (bicyclic) bond motifs is 2. The van der Waals surface area contributed by atoms with E-state index in [1.807, 2.05) is 36.4 Å². The number of methoxy groups -OCH3 is 1. The number of hydrogen-bond donors (Lipinski definition) is 1. The van der Waals surface area contributed by atoms with Crippen LogP contribution in [-0.4, -0.2) is 81.4 Å². The quantitative estimate of drug-likeness (QED) is 0.335. The fourth-order valence-electron chi connectivity index (χ4n) is 5.35. The molecule has 11 heteroatoms. The molecule has 1 amide bonds. The fraction of sp³-hybridized carbons (Fsp3) is 0.333. The molecule has 0 atom stereocenters. The van der Waals surface area contributed by atoms with Crippen molar-refractivity contribution in [3.63, 3.8) is 0 Å². The van der Waals surface area contributed by atoms with E-state index < -0.39 is 10.0 Å². The number of rotatable bonds is 8. The molecule has 1 fully saturated rings. The van der Waals surface area contributed by atoms with Gasteiger partial charge in [0.15, 0.2) is 5.13 Å². The average Bonchev–Trinajstić information content (AvgIpc) is 3.44. The second-order valence-electron chi connectivity index (χ2n) is 10.3. The lowest BCUT2D eigenvalue weighted by Gasteiger charge is -2.34. The molecule has 1 aromatic heterocycles. The van der Waals surface area contributed by atoms with Crippen LogP contribution >= 0.6 is 11.3 Å². The molecule has 9 nitrogen and oxygen atoms in total. The summed E-state index contributed by atoms with van der Waals surface area (Å²) in [5.41, 5.74) is 3.67. The third-order valence-electron chi connectivity index (χ3n) is 7.79. The summed E-state index contributed by atoms with van der Waals surface area (Å²) < 4.78 is 34.4. The average molecular weight is 592 g/mol. The molecule has 0 unspecified atom stereocenters. The number of hydrogen-bond acceptors (Lipinski definition) is 8. The van der Waals surface area contributed by atoms with Crippen LogP contribution in [0.2, 0.25) is 0 Å². The van der Waals surface area contributed by atoms with Crippen LogP contribution in [-0.2, 0) is 23.0 Å². The van der Waals surface area contributed by atoms with Gasteiger partial charge in [0.2, 0.25) is 10.0 Å². The minimum atomic E-state index is -3.63.